The molecule has 1 fully saturated rings. The highest BCUT2D eigenvalue weighted by Gasteiger charge is 2.23. The van der Waals surface area contributed by atoms with Gasteiger partial charge in [-0.25, -0.2) is 0 Å². The van der Waals surface area contributed by atoms with Crippen LogP contribution in [0.4, 0.5) is 5.69 Å². The lowest BCUT2D eigenvalue weighted by Gasteiger charge is -2.37. The zero-order valence-electron chi connectivity index (χ0n) is 11.4. The molecule has 1 aliphatic heterocycles. The molecule has 1 atom stereocenters. The molecule has 0 aromatic carbocycles. The maximum Gasteiger partial charge on any atom is 0.107 e. The van der Waals surface area contributed by atoms with Crippen LogP contribution in [-0.4, -0.2) is 22.6 Å². The largest absolute Gasteiger partial charge is 0.389 e. The number of nitrogens with two attached hydrogens (primary N) is 1. The van der Waals surface area contributed by atoms with Gasteiger partial charge in [-0.15, -0.1) is 0 Å². The number of thiocarbonyl (C=S) groups is 1. The van der Waals surface area contributed by atoms with Gasteiger partial charge >= 0.3 is 0 Å². The van der Waals surface area contributed by atoms with Gasteiger partial charge in [-0.05, 0) is 46.1 Å². The van der Waals surface area contributed by atoms with Crippen LogP contribution in [-0.2, 0) is 0 Å². The van der Waals surface area contributed by atoms with Crippen molar-refractivity contribution >= 4 is 22.9 Å². The van der Waals surface area contributed by atoms with Crippen molar-refractivity contribution in [3.8, 4) is 0 Å². The van der Waals surface area contributed by atoms with Crippen molar-refractivity contribution in [1.82, 2.24) is 4.98 Å². The van der Waals surface area contributed by atoms with E-state index in [9.17, 15) is 0 Å². The number of hydrogen-bond acceptors (Lipinski definition) is 3. The first-order chi connectivity index (χ1) is 8.50. The van der Waals surface area contributed by atoms with Crippen LogP contribution in [0.3, 0.4) is 0 Å². The third-order valence-electron chi connectivity index (χ3n) is 3.67. The fourth-order valence-corrected chi connectivity index (χ4v) is 3.05. The number of nitrogens with zero attached hydrogens (tertiary/aromatic N) is 2. The molecule has 2 N–H and O–H groups in total. The SMILES string of the molecule is Cc1cc(N2CCCCC2C)c(C(N)=S)c(C)n1. The molecule has 18 heavy (non-hydrogen) atoms. The lowest BCUT2D eigenvalue weighted by Crippen LogP contribution is -2.39. The maximum atomic E-state index is 5.88. The van der Waals surface area contributed by atoms with Crippen molar-refractivity contribution in [2.24, 2.45) is 5.73 Å². The van der Waals surface area contributed by atoms with Crippen molar-refractivity contribution in [3.05, 3.63) is 23.0 Å². The molecule has 0 spiro atoms. The van der Waals surface area contributed by atoms with Gasteiger partial charge < -0.3 is 10.6 Å². The van der Waals surface area contributed by atoms with Crippen LogP contribution in [0.2, 0.25) is 0 Å². The summed E-state index contributed by atoms with van der Waals surface area (Å²) in [5, 5.41) is 0. The molecule has 98 valence electrons. The maximum absolute atomic E-state index is 5.88. The Balaban J connectivity index is 2.50. The topological polar surface area (TPSA) is 42.1 Å². The van der Waals surface area contributed by atoms with Crippen molar-refractivity contribution in [1.29, 1.82) is 0 Å². The molecule has 2 rings (SSSR count). The van der Waals surface area contributed by atoms with E-state index in [1.165, 1.54) is 24.9 Å². The van der Waals surface area contributed by atoms with E-state index >= 15 is 0 Å². The number of aromatic nitrogens is 1. The summed E-state index contributed by atoms with van der Waals surface area (Å²) in [6.07, 6.45) is 3.78. The first-order valence-electron chi connectivity index (χ1n) is 6.55. The van der Waals surface area contributed by atoms with Gasteiger partial charge in [-0.2, -0.15) is 0 Å². The highest BCUT2D eigenvalue weighted by atomic mass is 32.1. The average molecular weight is 263 g/mol. The van der Waals surface area contributed by atoms with E-state index in [0.29, 0.717) is 11.0 Å². The quantitative estimate of drug-likeness (QED) is 0.833. The number of anilines is 1. The molecular weight excluding hydrogens is 242 g/mol. The lowest BCUT2D eigenvalue weighted by atomic mass is 10.0. The van der Waals surface area contributed by atoms with Crippen LogP contribution in [0.25, 0.3) is 0 Å². The van der Waals surface area contributed by atoms with Crippen LogP contribution < -0.4 is 10.6 Å². The number of piperidine rings is 1. The molecule has 0 radical (unpaired) electrons. The lowest BCUT2D eigenvalue weighted by molar-refractivity contribution is 0.484. The molecule has 1 aliphatic rings. The fraction of sp³-hybridized carbons (Fsp3) is 0.571. The first-order valence-corrected chi connectivity index (χ1v) is 6.96. The third-order valence-corrected chi connectivity index (χ3v) is 3.87. The van der Waals surface area contributed by atoms with Crippen LogP contribution in [0.5, 0.6) is 0 Å². The average Bonchev–Trinajstić information content (AvgIpc) is 2.27. The van der Waals surface area contributed by atoms with Crippen LogP contribution in [0.1, 0.15) is 43.1 Å². The minimum atomic E-state index is 0.452. The van der Waals surface area contributed by atoms with Gasteiger partial charge in [0, 0.05) is 24.0 Å². The summed E-state index contributed by atoms with van der Waals surface area (Å²) < 4.78 is 0. The van der Waals surface area contributed by atoms with Gasteiger partial charge in [0.05, 0.1) is 11.3 Å². The molecule has 0 amide bonds. The first kappa shape index (κ1) is 13.3. The monoisotopic (exact) mass is 263 g/mol. The van der Waals surface area contributed by atoms with Crippen molar-refractivity contribution in [2.45, 2.75) is 46.1 Å². The Morgan fingerprint density at radius 3 is 2.78 bits per heavy atom. The minimum absolute atomic E-state index is 0.452. The summed E-state index contributed by atoms with van der Waals surface area (Å²) in [5.74, 6) is 0. The molecule has 1 aromatic rings. The van der Waals surface area contributed by atoms with E-state index in [1.807, 2.05) is 13.8 Å². The highest BCUT2D eigenvalue weighted by Crippen LogP contribution is 2.29. The molecule has 0 bridgehead atoms. The zero-order chi connectivity index (χ0) is 13.3. The van der Waals surface area contributed by atoms with Gasteiger partial charge in [0.15, 0.2) is 0 Å². The molecule has 1 saturated heterocycles. The summed E-state index contributed by atoms with van der Waals surface area (Å²) in [6.45, 7) is 7.36. The normalized spacial score (nSPS) is 19.9. The van der Waals surface area contributed by atoms with E-state index < -0.39 is 0 Å². The molecule has 1 aromatic heterocycles. The second kappa shape index (κ2) is 5.22. The number of hydrogen-bond donors (Lipinski definition) is 1. The van der Waals surface area contributed by atoms with Gasteiger partial charge in [0.1, 0.15) is 4.99 Å². The van der Waals surface area contributed by atoms with Crippen molar-refractivity contribution < 1.29 is 0 Å². The second-order valence-electron chi connectivity index (χ2n) is 5.15. The molecule has 0 aliphatic carbocycles. The van der Waals surface area contributed by atoms with Crippen LogP contribution in [0.15, 0.2) is 6.07 Å². The smallest absolute Gasteiger partial charge is 0.107 e. The number of aryl methyl sites for hydroxylation is 2. The van der Waals surface area contributed by atoms with Crippen molar-refractivity contribution in [2.75, 3.05) is 11.4 Å². The molecule has 0 saturated carbocycles. The third kappa shape index (κ3) is 2.48. The molecule has 1 unspecified atom stereocenters. The summed E-state index contributed by atoms with van der Waals surface area (Å²) >= 11 is 5.20. The zero-order valence-corrected chi connectivity index (χ0v) is 12.2. The minimum Gasteiger partial charge on any atom is -0.389 e. The Kier molecular flexibility index (Phi) is 3.85. The Labute approximate surface area is 114 Å². The molecular formula is C14H21N3S. The predicted molar refractivity (Wildman–Crippen MR) is 80.3 cm³/mol. The highest BCUT2D eigenvalue weighted by molar-refractivity contribution is 7.80. The summed E-state index contributed by atoms with van der Waals surface area (Å²) in [7, 11) is 0. The Hall–Kier alpha value is -1.16. The number of rotatable bonds is 2. The summed E-state index contributed by atoms with van der Waals surface area (Å²) in [5.41, 5.74) is 9.97. The van der Waals surface area contributed by atoms with Gasteiger partial charge in [0.25, 0.3) is 0 Å². The Morgan fingerprint density at radius 1 is 1.44 bits per heavy atom. The van der Waals surface area contributed by atoms with Crippen LogP contribution in [0, 0.1) is 13.8 Å². The van der Waals surface area contributed by atoms with E-state index in [2.05, 4.69) is 22.9 Å². The van der Waals surface area contributed by atoms with E-state index in [4.69, 9.17) is 18.0 Å². The van der Waals surface area contributed by atoms with E-state index in [1.54, 1.807) is 0 Å². The number of pyridine rings is 1. The Bertz CT molecular complexity index is 470. The Morgan fingerprint density at radius 2 is 2.17 bits per heavy atom. The van der Waals surface area contributed by atoms with E-state index in [0.717, 1.165) is 23.5 Å². The summed E-state index contributed by atoms with van der Waals surface area (Å²) in [4.78, 5) is 7.36. The van der Waals surface area contributed by atoms with E-state index in [-0.39, 0.29) is 0 Å². The standard InChI is InChI=1S/C14H21N3S/c1-9-8-12(13(14(15)18)11(3)16-9)17-7-5-4-6-10(17)2/h8,10H,4-7H2,1-3H3,(H2,15,18). The van der Waals surface area contributed by atoms with Crippen molar-refractivity contribution in [3.63, 3.8) is 0 Å². The van der Waals surface area contributed by atoms with Gasteiger partial charge in [-0.1, -0.05) is 12.2 Å². The molecule has 4 heteroatoms. The molecule has 3 nitrogen and oxygen atoms in total. The second-order valence-corrected chi connectivity index (χ2v) is 5.59. The predicted octanol–water partition coefficient (Wildman–Crippen LogP) is 2.71. The van der Waals surface area contributed by atoms with Gasteiger partial charge in [-0.3, -0.25) is 4.98 Å². The molecule has 2 heterocycles. The van der Waals surface area contributed by atoms with Crippen LogP contribution >= 0.6 is 12.2 Å². The fourth-order valence-electron chi connectivity index (χ4n) is 2.80. The summed E-state index contributed by atoms with van der Waals surface area (Å²) in [6, 6.07) is 2.66. The van der Waals surface area contributed by atoms with Gasteiger partial charge in [0.2, 0.25) is 0 Å².